The first kappa shape index (κ1) is 9.35. The zero-order chi connectivity index (χ0) is 11.0. The minimum Gasteiger partial charge on any atom is -0.473 e. The van der Waals surface area contributed by atoms with Gasteiger partial charge in [0.25, 0.3) is 5.19 Å². The first-order chi connectivity index (χ1) is 7.86. The zero-order valence-electron chi connectivity index (χ0n) is 8.51. The molecule has 0 N–H and O–H groups in total. The minimum absolute atomic E-state index is 0.660. The highest BCUT2D eigenvalue weighted by Gasteiger charge is 2.06. The van der Waals surface area contributed by atoms with E-state index in [1.54, 1.807) is 7.11 Å². The molecule has 0 fully saturated rings. The monoisotopic (exact) mass is 232 g/mol. The molecule has 80 valence electrons. The Morgan fingerprint density at radius 2 is 2.31 bits per heavy atom. The third-order valence-electron chi connectivity index (χ3n) is 2.28. The summed E-state index contributed by atoms with van der Waals surface area (Å²) in [5.74, 6) is 0. The summed E-state index contributed by atoms with van der Waals surface area (Å²) in [7, 11) is 1.61. The van der Waals surface area contributed by atoms with Gasteiger partial charge in [0.1, 0.15) is 5.52 Å². The quantitative estimate of drug-likeness (QED) is 0.681. The molecule has 0 aliphatic heterocycles. The number of thiazole rings is 1. The van der Waals surface area contributed by atoms with E-state index in [2.05, 4.69) is 9.97 Å². The summed E-state index contributed by atoms with van der Waals surface area (Å²) in [6.45, 7) is 0. The van der Waals surface area contributed by atoms with Crippen LogP contribution in [-0.2, 0) is 0 Å². The third kappa shape index (κ3) is 1.45. The fourth-order valence-electron chi connectivity index (χ4n) is 1.50. The highest BCUT2D eigenvalue weighted by atomic mass is 32.1. The average molecular weight is 232 g/mol. The lowest BCUT2D eigenvalue weighted by Crippen LogP contribution is -1.81. The van der Waals surface area contributed by atoms with Crippen molar-refractivity contribution >= 4 is 22.4 Å². The van der Waals surface area contributed by atoms with Gasteiger partial charge in [0, 0.05) is 10.9 Å². The van der Waals surface area contributed by atoms with E-state index in [4.69, 9.17) is 9.15 Å². The number of nitrogens with zero attached hydrogens (tertiary/aromatic N) is 2. The second kappa shape index (κ2) is 3.61. The topological polar surface area (TPSA) is 48.2 Å². The first-order valence-corrected chi connectivity index (χ1v) is 5.58. The number of fused-ring (bicyclic) bond motifs is 1. The molecule has 1 aromatic carbocycles. The maximum absolute atomic E-state index is 5.25. The normalized spacial score (nSPS) is 10.8. The number of hydrogen-bond donors (Lipinski definition) is 0. The highest BCUT2D eigenvalue weighted by Crippen LogP contribution is 2.28. The van der Waals surface area contributed by atoms with E-state index < -0.39 is 0 Å². The Morgan fingerprint density at radius 3 is 3.12 bits per heavy atom. The van der Waals surface area contributed by atoms with Crippen molar-refractivity contribution in [3.8, 4) is 16.5 Å². The molecule has 0 saturated heterocycles. The Bertz CT molecular complexity index is 629. The summed E-state index contributed by atoms with van der Waals surface area (Å²) in [6.07, 6.45) is 1.44. The predicted molar refractivity (Wildman–Crippen MR) is 61.7 cm³/mol. The lowest BCUT2D eigenvalue weighted by Gasteiger charge is -1.95. The maximum atomic E-state index is 5.25. The molecule has 0 aliphatic carbocycles. The van der Waals surface area contributed by atoms with E-state index in [1.807, 2.05) is 23.6 Å². The van der Waals surface area contributed by atoms with Crippen LogP contribution in [-0.4, -0.2) is 17.1 Å². The lowest BCUT2D eigenvalue weighted by molar-refractivity contribution is 0.412. The molecule has 2 heterocycles. The smallest absolute Gasteiger partial charge is 0.273 e. The van der Waals surface area contributed by atoms with E-state index in [0.29, 0.717) is 5.19 Å². The number of methoxy groups -OCH3 is 1. The van der Waals surface area contributed by atoms with Crippen LogP contribution < -0.4 is 4.74 Å². The van der Waals surface area contributed by atoms with E-state index in [-0.39, 0.29) is 0 Å². The SMILES string of the molecule is COc1nc(-c2ccc3ncoc3c2)cs1. The number of benzene rings is 1. The predicted octanol–water partition coefficient (Wildman–Crippen LogP) is 2.96. The van der Waals surface area contributed by atoms with Gasteiger partial charge in [-0.25, -0.2) is 9.97 Å². The van der Waals surface area contributed by atoms with Gasteiger partial charge in [-0.05, 0) is 12.1 Å². The van der Waals surface area contributed by atoms with Crippen molar-refractivity contribution in [2.45, 2.75) is 0 Å². The minimum atomic E-state index is 0.660. The number of oxazole rings is 1. The van der Waals surface area contributed by atoms with Gasteiger partial charge >= 0.3 is 0 Å². The zero-order valence-corrected chi connectivity index (χ0v) is 9.32. The largest absolute Gasteiger partial charge is 0.473 e. The van der Waals surface area contributed by atoms with Crippen LogP contribution in [0.25, 0.3) is 22.4 Å². The van der Waals surface area contributed by atoms with Crippen LogP contribution in [0.5, 0.6) is 5.19 Å². The van der Waals surface area contributed by atoms with Gasteiger partial charge in [0.15, 0.2) is 12.0 Å². The van der Waals surface area contributed by atoms with Crippen molar-refractivity contribution in [2.24, 2.45) is 0 Å². The molecule has 4 nitrogen and oxygen atoms in total. The van der Waals surface area contributed by atoms with Gasteiger partial charge in [0.05, 0.1) is 12.8 Å². The molecule has 16 heavy (non-hydrogen) atoms. The van der Waals surface area contributed by atoms with Crippen molar-refractivity contribution < 1.29 is 9.15 Å². The fourth-order valence-corrected chi connectivity index (χ4v) is 2.15. The van der Waals surface area contributed by atoms with Gasteiger partial charge in [-0.15, -0.1) is 0 Å². The van der Waals surface area contributed by atoms with E-state index >= 15 is 0 Å². The maximum Gasteiger partial charge on any atom is 0.273 e. The lowest BCUT2D eigenvalue weighted by atomic mass is 10.1. The molecule has 0 unspecified atom stereocenters. The van der Waals surface area contributed by atoms with Crippen LogP contribution >= 0.6 is 11.3 Å². The number of ether oxygens (including phenoxy) is 1. The van der Waals surface area contributed by atoms with Gasteiger partial charge < -0.3 is 9.15 Å². The van der Waals surface area contributed by atoms with Crippen molar-refractivity contribution in [1.29, 1.82) is 0 Å². The summed E-state index contributed by atoms with van der Waals surface area (Å²) >= 11 is 1.47. The Hall–Kier alpha value is -1.88. The second-order valence-corrected chi connectivity index (χ2v) is 4.06. The standard InChI is InChI=1S/C11H8N2O2S/c1-14-11-13-9(5-16-11)7-2-3-8-10(4-7)15-6-12-8/h2-6H,1H3. The Balaban J connectivity index is 2.10. The fraction of sp³-hybridized carbons (Fsp3) is 0.0909. The average Bonchev–Trinajstić information content (AvgIpc) is 2.96. The molecule has 0 saturated carbocycles. The Labute approximate surface area is 95.5 Å². The first-order valence-electron chi connectivity index (χ1n) is 4.70. The van der Waals surface area contributed by atoms with Crippen LogP contribution in [0.4, 0.5) is 0 Å². The molecular weight excluding hydrogens is 224 g/mol. The van der Waals surface area contributed by atoms with Gasteiger partial charge in [-0.1, -0.05) is 17.4 Å². The highest BCUT2D eigenvalue weighted by molar-refractivity contribution is 7.11. The molecule has 0 aliphatic rings. The summed E-state index contributed by atoms with van der Waals surface area (Å²) in [5.41, 5.74) is 3.51. The molecule has 3 rings (SSSR count). The van der Waals surface area contributed by atoms with Crippen LogP contribution in [0.3, 0.4) is 0 Å². The molecule has 0 spiro atoms. The van der Waals surface area contributed by atoms with E-state index in [0.717, 1.165) is 22.4 Å². The van der Waals surface area contributed by atoms with Gasteiger partial charge in [-0.2, -0.15) is 0 Å². The number of rotatable bonds is 2. The molecule has 0 amide bonds. The van der Waals surface area contributed by atoms with Crippen molar-refractivity contribution in [3.63, 3.8) is 0 Å². The number of aromatic nitrogens is 2. The summed E-state index contributed by atoms with van der Waals surface area (Å²) in [5, 5.41) is 2.61. The van der Waals surface area contributed by atoms with Gasteiger partial charge in [0.2, 0.25) is 0 Å². The molecule has 0 atom stereocenters. The van der Waals surface area contributed by atoms with Gasteiger partial charge in [-0.3, -0.25) is 0 Å². The Kier molecular flexibility index (Phi) is 2.11. The van der Waals surface area contributed by atoms with Crippen LogP contribution in [0.1, 0.15) is 0 Å². The molecule has 2 aromatic heterocycles. The summed E-state index contributed by atoms with van der Waals surface area (Å²) in [4.78, 5) is 8.39. The van der Waals surface area contributed by atoms with Crippen molar-refractivity contribution in [3.05, 3.63) is 30.0 Å². The molecule has 5 heteroatoms. The number of hydrogen-bond acceptors (Lipinski definition) is 5. The van der Waals surface area contributed by atoms with Crippen LogP contribution in [0.15, 0.2) is 34.4 Å². The molecule has 0 radical (unpaired) electrons. The van der Waals surface area contributed by atoms with E-state index in [1.165, 1.54) is 17.7 Å². The van der Waals surface area contributed by atoms with Crippen LogP contribution in [0, 0.1) is 0 Å². The van der Waals surface area contributed by atoms with Crippen LogP contribution in [0.2, 0.25) is 0 Å². The van der Waals surface area contributed by atoms with Crippen molar-refractivity contribution in [1.82, 2.24) is 9.97 Å². The molecular formula is C11H8N2O2S. The summed E-state index contributed by atoms with van der Waals surface area (Å²) < 4.78 is 10.3. The molecule has 0 bridgehead atoms. The molecule has 3 aromatic rings. The van der Waals surface area contributed by atoms with Crippen molar-refractivity contribution in [2.75, 3.05) is 7.11 Å². The Morgan fingerprint density at radius 1 is 1.38 bits per heavy atom. The third-order valence-corrected chi connectivity index (χ3v) is 3.09. The second-order valence-electron chi connectivity index (χ2n) is 3.24. The van der Waals surface area contributed by atoms with E-state index in [9.17, 15) is 0 Å². The summed E-state index contributed by atoms with van der Waals surface area (Å²) in [6, 6.07) is 5.82.